The van der Waals surface area contributed by atoms with Crippen molar-refractivity contribution in [2.75, 3.05) is 19.7 Å². The smallest absolute Gasteiger partial charge is 0.110 e. The van der Waals surface area contributed by atoms with E-state index in [0.717, 1.165) is 13.1 Å². The van der Waals surface area contributed by atoms with Gasteiger partial charge in [0.2, 0.25) is 0 Å². The first-order valence-electron chi connectivity index (χ1n) is 3.26. The number of rotatable bonds is 0. The van der Waals surface area contributed by atoms with Crippen molar-refractivity contribution in [1.82, 2.24) is 5.32 Å². The minimum Gasteiger partial charge on any atom is -0.371 e. The lowest BCUT2D eigenvalue weighted by Gasteiger charge is -2.24. The van der Waals surface area contributed by atoms with E-state index in [9.17, 15) is 0 Å². The number of hydrogen-bond acceptors (Lipinski definition) is 3. The molecule has 0 aromatic heterocycles. The quantitative estimate of drug-likeness (QED) is 0.478. The normalized spacial score (nSPS) is 42.7. The minimum atomic E-state index is 0.277. The second-order valence-corrected chi connectivity index (χ2v) is 2.37. The molecule has 0 bridgehead atoms. The van der Waals surface area contributed by atoms with Gasteiger partial charge in [0.1, 0.15) is 6.61 Å². The van der Waals surface area contributed by atoms with E-state index in [1.807, 2.05) is 0 Å². The van der Waals surface area contributed by atoms with Gasteiger partial charge in [-0.15, -0.1) is 0 Å². The molecule has 3 heteroatoms. The average Bonchev–Trinajstić information content (AvgIpc) is 2.33. The second kappa shape index (κ2) is 2.25. The zero-order valence-corrected chi connectivity index (χ0v) is 5.17. The van der Waals surface area contributed by atoms with E-state index in [-0.39, 0.29) is 6.10 Å². The molecule has 3 nitrogen and oxygen atoms in total. The molecule has 2 rings (SSSR count). The zero-order chi connectivity index (χ0) is 6.10. The molecule has 0 aromatic rings. The molecule has 2 saturated heterocycles. The maximum atomic E-state index is 5.36. The third-order valence-corrected chi connectivity index (χ3v) is 1.76. The lowest BCUT2D eigenvalue weighted by molar-refractivity contribution is -0.0830. The molecule has 0 spiro atoms. The van der Waals surface area contributed by atoms with Crippen LogP contribution in [-0.4, -0.2) is 31.9 Å². The molecule has 0 aromatic carbocycles. The summed E-state index contributed by atoms with van der Waals surface area (Å²) < 4.78 is 10.6. The third kappa shape index (κ3) is 0.956. The summed E-state index contributed by atoms with van der Waals surface area (Å²) in [5.41, 5.74) is 0. The fourth-order valence-corrected chi connectivity index (χ4v) is 1.26. The van der Waals surface area contributed by atoms with Crippen LogP contribution in [0.15, 0.2) is 0 Å². The summed E-state index contributed by atoms with van der Waals surface area (Å²) in [4.78, 5) is 0. The van der Waals surface area contributed by atoms with Crippen LogP contribution in [0.1, 0.15) is 0 Å². The van der Waals surface area contributed by atoms with Crippen molar-refractivity contribution >= 4 is 0 Å². The van der Waals surface area contributed by atoms with Crippen molar-refractivity contribution in [3.8, 4) is 0 Å². The van der Waals surface area contributed by atoms with Crippen LogP contribution in [0.4, 0.5) is 0 Å². The van der Waals surface area contributed by atoms with Crippen LogP contribution in [0.5, 0.6) is 0 Å². The first kappa shape index (κ1) is 5.65. The molecule has 1 N–H and O–H groups in total. The Morgan fingerprint density at radius 3 is 3.11 bits per heavy atom. The van der Waals surface area contributed by atoms with Crippen LogP contribution in [0.2, 0.25) is 0 Å². The summed E-state index contributed by atoms with van der Waals surface area (Å²) in [7, 11) is 0. The van der Waals surface area contributed by atoms with Crippen molar-refractivity contribution in [2.45, 2.75) is 12.2 Å². The van der Waals surface area contributed by atoms with Crippen LogP contribution >= 0.6 is 0 Å². The first-order chi connectivity index (χ1) is 4.47. The predicted molar refractivity (Wildman–Crippen MR) is 31.8 cm³/mol. The molecule has 2 atom stereocenters. The highest BCUT2D eigenvalue weighted by Crippen LogP contribution is 2.14. The zero-order valence-electron chi connectivity index (χ0n) is 5.17. The molecular weight excluding hydrogens is 118 g/mol. The lowest BCUT2D eigenvalue weighted by Crippen LogP contribution is -2.34. The van der Waals surface area contributed by atoms with Crippen LogP contribution in [0, 0.1) is 6.61 Å². The van der Waals surface area contributed by atoms with Gasteiger partial charge in [-0.25, -0.2) is 0 Å². The van der Waals surface area contributed by atoms with Gasteiger partial charge in [0, 0.05) is 13.1 Å². The van der Waals surface area contributed by atoms with E-state index < -0.39 is 0 Å². The van der Waals surface area contributed by atoms with Crippen molar-refractivity contribution in [1.29, 1.82) is 0 Å². The molecular formula is C6H10NO2. The Morgan fingerprint density at radius 1 is 1.33 bits per heavy atom. The number of nitrogens with one attached hydrogen (secondary N) is 1. The second-order valence-electron chi connectivity index (χ2n) is 2.37. The summed E-state index contributed by atoms with van der Waals surface area (Å²) in [6.07, 6.45) is 0.578. The Hall–Kier alpha value is -0.120. The molecule has 2 aliphatic heterocycles. The molecule has 2 heterocycles. The highest BCUT2D eigenvalue weighted by atomic mass is 16.6. The van der Waals surface area contributed by atoms with Gasteiger partial charge < -0.3 is 14.8 Å². The fourth-order valence-electron chi connectivity index (χ4n) is 1.26. The maximum Gasteiger partial charge on any atom is 0.110 e. The van der Waals surface area contributed by atoms with Gasteiger partial charge in [-0.1, -0.05) is 0 Å². The van der Waals surface area contributed by atoms with Crippen LogP contribution in [0.25, 0.3) is 0 Å². The average molecular weight is 128 g/mol. The van der Waals surface area contributed by atoms with E-state index in [4.69, 9.17) is 9.47 Å². The highest BCUT2D eigenvalue weighted by Gasteiger charge is 2.31. The number of hydrogen-bond donors (Lipinski definition) is 1. The fraction of sp³-hybridized carbons (Fsp3) is 0.833. The van der Waals surface area contributed by atoms with Crippen molar-refractivity contribution in [2.24, 2.45) is 0 Å². The topological polar surface area (TPSA) is 30.5 Å². The molecule has 0 aliphatic carbocycles. The monoisotopic (exact) mass is 128 g/mol. The van der Waals surface area contributed by atoms with Crippen molar-refractivity contribution < 1.29 is 9.47 Å². The van der Waals surface area contributed by atoms with Gasteiger partial charge in [0.25, 0.3) is 0 Å². The number of ether oxygens (including phenoxy) is 2. The standard InChI is InChI=1S/C6H10NO2/c1-2-9-6-4-7-3-5(6)8-1/h1,5-7H,2-4H2. The minimum absolute atomic E-state index is 0.277. The van der Waals surface area contributed by atoms with E-state index in [0.29, 0.717) is 12.7 Å². The molecule has 9 heavy (non-hydrogen) atoms. The van der Waals surface area contributed by atoms with Gasteiger partial charge in [0.15, 0.2) is 0 Å². The van der Waals surface area contributed by atoms with Crippen LogP contribution < -0.4 is 5.32 Å². The Bertz CT molecular complexity index is 95.2. The van der Waals surface area contributed by atoms with E-state index in [1.54, 1.807) is 6.61 Å². The maximum absolute atomic E-state index is 5.36. The Kier molecular flexibility index (Phi) is 1.41. The van der Waals surface area contributed by atoms with Gasteiger partial charge >= 0.3 is 0 Å². The van der Waals surface area contributed by atoms with E-state index in [2.05, 4.69) is 5.32 Å². The molecule has 1 radical (unpaired) electrons. The Balaban J connectivity index is 1.97. The predicted octanol–water partition coefficient (Wildman–Crippen LogP) is -0.465. The molecule has 2 fully saturated rings. The van der Waals surface area contributed by atoms with Crippen LogP contribution in [-0.2, 0) is 9.47 Å². The summed E-state index contributed by atoms with van der Waals surface area (Å²) in [5, 5.41) is 3.19. The molecule has 0 saturated carbocycles. The third-order valence-electron chi connectivity index (χ3n) is 1.76. The molecule has 2 unspecified atom stereocenters. The largest absolute Gasteiger partial charge is 0.371 e. The highest BCUT2D eigenvalue weighted by molar-refractivity contribution is 4.86. The summed E-state index contributed by atoms with van der Waals surface area (Å²) in [5.74, 6) is 0. The number of fused-ring (bicyclic) bond motifs is 1. The van der Waals surface area contributed by atoms with E-state index >= 15 is 0 Å². The molecule has 0 amide bonds. The summed E-state index contributed by atoms with van der Waals surface area (Å²) in [6.45, 7) is 4.25. The van der Waals surface area contributed by atoms with E-state index in [1.165, 1.54) is 0 Å². The van der Waals surface area contributed by atoms with Gasteiger partial charge in [-0.05, 0) is 0 Å². The lowest BCUT2D eigenvalue weighted by atomic mass is 10.2. The van der Waals surface area contributed by atoms with Crippen LogP contribution in [0.3, 0.4) is 0 Å². The van der Waals surface area contributed by atoms with Gasteiger partial charge in [0.05, 0.1) is 18.8 Å². The SMILES string of the molecule is [CH]1COC2CNCC2O1. The van der Waals surface area contributed by atoms with Crippen molar-refractivity contribution in [3.05, 3.63) is 6.61 Å². The first-order valence-corrected chi connectivity index (χ1v) is 3.26. The Morgan fingerprint density at radius 2 is 2.22 bits per heavy atom. The molecule has 51 valence electrons. The van der Waals surface area contributed by atoms with Gasteiger partial charge in [-0.2, -0.15) is 0 Å². The summed E-state index contributed by atoms with van der Waals surface area (Å²) in [6, 6.07) is 0. The molecule has 2 aliphatic rings. The summed E-state index contributed by atoms with van der Waals surface area (Å²) >= 11 is 0. The van der Waals surface area contributed by atoms with Gasteiger partial charge in [-0.3, -0.25) is 0 Å². The van der Waals surface area contributed by atoms with Crippen molar-refractivity contribution in [3.63, 3.8) is 0 Å². The Labute approximate surface area is 54.3 Å².